The third-order valence-corrected chi connectivity index (χ3v) is 5.60. The van der Waals surface area contributed by atoms with Gasteiger partial charge in [-0.05, 0) is 17.2 Å². The maximum Gasteiger partial charge on any atom is 0.435 e. The van der Waals surface area contributed by atoms with E-state index >= 15 is 0 Å². The zero-order valence-electron chi connectivity index (χ0n) is 18.8. The van der Waals surface area contributed by atoms with Crippen molar-refractivity contribution >= 4 is 11.8 Å². The van der Waals surface area contributed by atoms with Gasteiger partial charge in [-0.15, -0.1) is 10.2 Å². The fourth-order valence-corrected chi connectivity index (χ4v) is 3.81. The fourth-order valence-electron chi connectivity index (χ4n) is 3.81. The average molecular weight is 523 g/mol. The number of nitriles is 1. The number of aromatic amines is 1. The fraction of sp³-hybridized carbons (Fsp3) is 0.381. The molecule has 3 heterocycles. The molecule has 0 aliphatic carbocycles. The third kappa shape index (κ3) is 5.88. The molecular formula is C21H18F5N9O2. The number of rotatable bonds is 7. The molecular weight excluding hydrogens is 505 g/mol. The summed E-state index contributed by atoms with van der Waals surface area (Å²) in [5.74, 6) is -5.15. The molecule has 16 heteroatoms. The number of carbonyl (C=O) groups is 2. The van der Waals surface area contributed by atoms with Gasteiger partial charge in [0.25, 0.3) is 11.8 Å². The van der Waals surface area contributed by atoms with E-state index in [9.17, 15) is 31.5 Å². The summed E-state index contributed by atoms with van der Waals surface area (Å²) < 4.78 is 68.6. The van der Waals surface area contributed by atoms with Crippen molar-refractivity contribution in [1.29, 1.82) is 5.26 Å². The second-order valence-corrected chi connectivity index (χ2v) is 8.24. The second kappa shape index (κ2) is 9.91. The van der Waals surface area contributed by atoms with Crippen molar-refractivity contribution in [2.24, 2.45) is 0 Å². The Bertz CT molecular complexity index is 1310. The van der Waals surface area contributed by atoms with Gasteiger partial charge in [0.1, 0.15) is 6.04 Å². The number of nitrogens with one attached hydrogen (secondary N) is 2. The van der Waals surface area contributed by atoms with Crippen molar-refractivity contribution in [3.05, 3.63) is 47.3 Å². The highest BCUT2D eigenvalue weighted by Gasteiger charge is 2.47. The molecule has 0 spiro atoms. The predicted molar refractivity (Wildman–Crippen MR) is 114 cm³/mol. The van der Waals surface area contributed by atoms with Crippen LogP contribution in [-0.2, 0) is 23.9 Å². The Hall–Kier alpha value is -4.42. The van der Waals surface area contributed by atoms with Crippen molar-refractivity contribution in [1.82, 2.24) is 40.6 Å². The maximum absolute atomic E-state index is 13.5. The van der Waals surface area contributed by atoms with Crippen molar-refractivity contribution in [2.45, 2.75) is 37.5 Å². The summed E-state index contributed by atoms with van der Waals surface area (Å²) in [5, 5.41) is 28.0. The molecule has 1 aliphatic heterocycles. The van der Waals surface area contributed by atoms with Crippen LogP contribution in [0.25, 0.3) is 11.4 Å². The van der Waals surface area contributed by atoms with Gasteiger partial charge in [0.15, 0.2) is 5.69 Å². The van der Waals surface area contributed by atoms with Crippen LogP contribution in [0, 0.1) is 11.3 Å². The first-order valence-electron chi connectivity index (χ1n) is 10.8. The lowest BCUT2D eigenvalue weighted by atomic mass is 10.1. The summed E-state index contributed by atoms with van der Waals surface area (Å²) in [6, 6.07) is 7.08. The van der Waals surface area contributed by atoms with E-state index in [0.717, 1.165) is 16.4 Å². The first kappa shape index (κ1) is 25.7. The number of carbonyl (C=O) groups excluding carboxylic acids is 2. The number of alkyl halides is 5. The largest absolute Gasteiger partial charge is 0.435 e. The zero-order chi connectivity index (χ0) is 26.8. The second-order valence-electron chi connectivity index (χ2n) is 8.24. The summed E-state index contributed by atoms with van der Waals surface area (Å²) in [6.45, 7) is -1.87. The van der Waals surface area contributed by atoms with Gasteiger partial charge in [-0.3, -0.25) is 14.3 Å². The first-order chi connectivity index (χ1) is 17.5. The molecule has 0 saturated carbocycles. The Morgan fingerprint density at radius 2 is 1.97 bits per heavy atom. The highest BCUT2D eigenvalue weighted by Crippen LogP contribution is 2.32. The lowest BCUT2D eigenvalue weighted by molar-refractivity contribution is -0.141. The van der Waals surface area contributed by atoms with Crippen LogP contribution in [0.15, 0.2) is 30.5 Å². The molecule has 2 amide bonds. The van der Waals surface area contributed by atoms with Crippen LogP contribution in [0.3, 0.4) is 0 Å². The SMILES string of the molecule is N#C[C@@H]1CC(F)(F)CN1C(=O)CNC(=O)c1cn(CCc2ccc(-c3nn[nH]n3)cc2)nc1C(F)(F)F. The van der Waals surface area contributed by atoms with Gasteiger partial charge in [-0.2, -0.15) is 28.7 Å². The van der Waals surface area contributed by atoms with Crippen LogP contribution in [0.1, 0.15) is 28.0 Å². The first-order valence-corrected chi connectivity index (χ1v) is 10.8. The molecule has 11 nitrogen and oxygen atoms in total. The number of benzene rings is 1. The lowest BCUT2D eigenvalue weighted by Crippen LogP contribution is -2.43. The number of tetrazole rings is 1. The topological polar surface area (TPSA) is 145 Å². The number of hydrogen-bond donors (Lipinski definition) is 2. The summed E-state index contributed by atoms with van der Waals surface area (Å²) in [5.41, 5.74) is -0.825. The minimum atomic E-state index is -4.96. The van der Waals surface area contributed by atoms with Gasteiger partial charge in [0, 0.05) is 24.7 Å². The van der Waals surface area contributed by atoms with Gasteiger partial charge in [-0.1, -0.05) is 24.3 Å². The van der Waals surface area contributed by atoms with Crippen LogP contribution >= 0.6 is 0 Å². The molecule has 2 aromatic heterocycles. The average Bonchev–Trinajstić information content (AvgIpc) is 3.59. The Balaban J connectivity index is 1.41. The van der Waals surface area contributed by atoms with E-state index in [1.165, 1.54) is 0 Å². The smallest absolute Gasteiger partial charge is 0.343 e. The van der Waals surface area contributed by atoms with Gasteiger partial charge >= 0.3 is 6.18 Å². The van der Waals surface area contributed by atoms with Gasteiger partial charge in [-0.25, -0.2) is 8.78 Å². The molecule has 0 radical (unpaired) electrons. The van der Waals surface area contributed by atoms with Crippen molar-refractivity contribution in [3.63, 3.8) is 0 Å². The zero-order valence-corrected chi connectivity index (χ0v) is 18.8. The maximum atomic E-state index is 13.5. The predicted octanol–water partition coefficient (Wildman–Crippen LogP) is 1.81. The quantitative estimate of drug-likeness (QED) is 0.449. The van der Waals surface area contributed by atoms with E-state index < -0.39 is 60.7 Å². The highest BCUT2D eigenvalue weighted by molar-refractivity contribution is 5.97. The molecule has 0 bridgehead atoms. The van der Waals surface area contributed by atoms with Gasteiger partial charge in [0.05, 0.1) is 24.7 Å². The standard InChI is InChI=1S/C21H18F5N9O2/c22-20(23)7-14(8-27)35(11-20)16(36)9-28-19(37)15-10-34(31-17(15)21(24,25)26)6-5-12-1-3-13(4-2-12)18-29-32-33-30-18/h1-4,10,14H,5-7,9,11H2,(H,28,37)(H,29,30,32,33)/t14-/m0/s1. The normalized spacial score (nSPS) is 17.0. The van der Waals surface area contributed by atoms with Crippen molar-refractivity contribution in [3.8, 4) is 17.5 Å². The molecule has 37 heavy (non-hydrogen) atoms. The molecule has 1 aromatic carbocycles. The van der Waals surface area contributed by atoms with E-state index in [-0.39, 0.29) is 13.0 Å². The van der Waals surface area contributed by atoms with Crippen LogP contribution < -0.4 is 5.32 Å². The highest BCUT2D eigenvalue weighted by atomic mass is 19.4. The van der Waals surface area contributed by atoms with Crippen LogP contribution in [0.4, 0.5) is 22.0 Å². The number of H-pyrrole nitrogens is 1. The Morgan fingerprint density at radius 1 is 1.24 bits per heavy atom. The number of hydrogen-bond acceptors (Lipinski definition) is 7. The van der Waals surface area contributed by atoms with E-state index in [1.54, 1.807) is 30.3 Å². The molecule has 0 unspecified atom stereocenters. The Labute approximate surface area is 205 Å². The van der Waals surface area contributed by atoms with Crippen LogP contribution in [-0.4, -0.2) is 72.2 Å². The summed E-state index contributed by atoms with van der Waals surface area (Å²) >= 11 is 0. The number of likely N-dealkylation sites (tertiary alicyclic amines) is 1. The molecule has 1 aliphatic rings. The number of amides is 2. The van der Waals surface area contributed by atoms with Gasteiger partial charge in [0.2, 0.25) is 11.7 Å². The molecule has 1 saturated heterocycles. The molecule has 2 N–H and O–H groups in total. The molecule has 1 fully saturated rings. The molecule has 4 rings (SSSR count). The van der Waals surface area contributed by atoms with Crippen LogP contribution in [0.2, 0.25) is 0 Å². The van der Waals surface area contributed by atoms with E-state index in [1.807, 2.05) is 5.32 Å². The summed E-state index contributed by atoms with van der Waals surface area (Å²) in [4.78, 5) is 25.3. The number of aromatic nitrogens is 6. The third-order valence-electron chi connectivity index (χ3n) is 5.60. The van der Waals surface area contributed by atoms with Crippen molar-refractivity contribution in [2.75, 3.05) is 13.1 Å². The number of nitrogens with zero attached hydrogens (tertiary/aromatic N) is 7. The summed E-state index contributed by atoms with van der Waals surface area (Å²) in [6.07, 6.45) is -4.63. The molecule has 3 aromatic rings. The molecule has 1 atom stereocenters. The van der Waals surface area contributed by atoms with Crippen molar-refractivity contribution < 1.29 is 31.5 Å². The van der Waals surface area contributed by atoms with Gasteiger partial charge < -0.3 is 10.2 Å². The van der Waals surface area contributed by atoms with Crippen LogP contribution in [0.5, 0.6) is 0 Å². The molecule has 194 valence electrons. The minimum absolute atomic E-state index is 0.00353. The number of aryl methyl sites for hydroxylation is 2. The monoisotopic (exact) mass is 523 g/mol. The Morgan fingerprint density at radius 3 is 2.59 bits per heavy atom. The minimum Gasteiger partial charge on any atom is -0.343 e. The lowest BCUT2D eigenvalue weighted by Gasteiger charge is -2.19. The van der Waals surface area contributed by atoms with E-state index in [4.69, 9.17) is 5.26 Å². The number of halogens is 5. The summed E-state index contributed by atoms with van der Waals surface area (Å²) in [7, 11) is 0. The Kier molecular flexibility index (Phi) is 6.88. The van der Waals surface area contributed by atoms with E-state index in [2.05, 4.69) is 25.7 Å². The van der Waals surface area contributed by atoms with E-state index in [0.29, 0.717) is 16.3 Å².